The van der Waals surface area contributed by atoms with Gasteiger partial charge >= 0.3 is 0 Å². The molecule has 4 nitrogen and oxygen atoms in total. The molecular formula is C18H25N3OS. The van der Waals surface area contributed by atoms with Gasteiger partial charge < -0.3 is 11.1 Å². The van der Waals surface area contributed by atoms with Gasteiger partial charge in [0, 0.05) is 11.8 Å². The first-order valence-corrected chi connectivity index (χ1v) is 8.75. The monoisotopic (exact) mass is 331 g/mol. The Hall–Kier alpha value is -1.72. The summed E-state index contributed by atoms with van der Waals surface area (Å²) in [4.78, 5) is 16.6. The summed E-state index contributed by atoms with van der Waals surface area (Å²) in [5, 5.41) is 5.69. The number of thiazole rings is 1. The molecule has 1 aromatic carbocycles. The topological polar surface area (TPSA) is 68.0 Å². The number of carbonyl (C=O) groups excluding carboxylic acids is 1. The molecule has 3 N–H and O–H groups in total. The molecule has 0 saturated carbocycles. The van der Waals surface area contributed by atoms with Gasteiger partial charge in [-0.15, -0.1) is 11.3 Å². The van der Waals surface area contributed by atoms with Gasteiger partial charge in [-0.2, -0.15) is 0 Å². The summed E-state index contributed by atoms with van der Waals surface area (Å²) in [7, 11) is 0. The van der Waals surface area contributed by atoms with E-state index in [0.717, 1.165) is 10.6 Å². The number of hydrogen-bond donors (Lipinski definition) is 2. The highest BCUT2D eigenvalue weighted by molar-refractivity contribution is 7.09. The summed E-state index contributed by atoms with van der Waals surface area (Å²) in [6, 6.07) is 8.34. The summed E-state index contributed by atoms with van der Waals surface area (Å²) in [5.41, 5.74) is 8.48. The van der Waals surface area contributed by atoms with Crippen LogP contribution in [0.3, 0.4) is 0 Å². The minimum absolute atomic E-state index is 0.0591. The van der Waals surface area contributed by atoms with Crippen molar-refractivity contribution in [2.45, 2.75) is 45.6 Å². The lowest BCUT2D eigenvalue weighted by atomic mass is 9.86. The number of aromatic nitrogens is 1. The smallest absolute Gasteiger partial charge is 0.271 e. The van der Waals surface area contributed by atoms with E-state index < -0.39 is 0 Å². The Morgan fingerprint density at radius 1 is 1.30 bits per heavy atom. The molecule has 1 atom stereocenters. The Morgan fingerprint density at radius 3 is 2.52 bits per heavy atom. The van der Waals surface area contributed by atoms with E-state index in [-0.39, 0.29) is 17.4 Å². The maximum absolute atomic E-state index is 12.3. The van der Waals surface area contributed by atoms with Crippen molar-refractivity contribution < 1.29 is 4.79 Å². The average Bonchev–Trinajstić information content (AvgIpc) is 2.95. The van der Waals surface area contributed by atoms with Crippen LogP contribution in [0.15, 0.2) is 29.6 Å². The number of benzene rings is 1. The lowest BCUT2D eigenvalue weighted by Gasteiger charge is -2.20. The molecule has 1 amide bonds. The van der Waals surface area contributed by atoms with Gasteiger partial charge in [0.25, 0.3) is 5.91 Å². The molecule has 0 aliphatic carbocycles. The van der Waals surface area contributed by atoms with Gasteiger partial charge in [-0.1, -0.05) is 45.0 Å². The standard InChI is InChI=1S/C18H25N3OS/c1-12(13-5-7-14(8-6-13)18(2,3)4)20-17(22)15-11-23-16(21-15)9-10-19/h5-8,11-12H,9-10,19H2,1-4H3,(H,20,22). The van der Waals surface area contributed by atoms with Crippen LogP contribution in [0.4, 0.5) is 0 Å². The Morgan fingerprint density at radius 2 is 1.96 bits per heavy atom. The molecule has 1 unspecified atom stereocenters. The summed E-state index contributed by atoms with van der Waals surface area (Å²) >= 11 is 1.48. The van der Waals surface area contributed by atoms with E-state index in [0.29, 0.717) is 18.7 Å². The predicted molar refractivity (Wildman–Crippen MR) is 95.9 cm³/mol. The molecule has 1 heterocycles. The van der Waals surface area contributed by atoms with Gasteiger partial charge in [0.2, 0.25) is 0 Å². The Kier molecular flexibility index (Phi) is 5.55. The molecule has 2 rings (SSSR count). The highest BCUT2D eigenvalue weighted by Gasteiger charge is 2.16. The maximum atomic E-state index is 12.3. The minimum atomic E-state index is -0.142. The molecule has 0 fully saturated rings. The third-order valence-corrected chi connectivity index (χ3v) is 4.68. The number of hydrogen-bond acceptors (Lipinski definition) is 4. The molecule has 0 saturated heterocycles. The second-order valence-electron chi connectivity index (χ2n) is 6.73. The van der Waals surface area contributed by atoms with Crippen LogP contribution in [0.5, 0.6) is 0 Å². The van der Waals surface area contributed by atoms with Crippen molar-refractivity contribution in [1.29, 1.82) is 0 Å². The molecule has 0 aliphatic heterocycles. The van der Waals surface area contributed by atoms with Gasteiger partial charge in [0.05, 0.1) is 11.0 Å². The van der Waals surface area contributed by atoms with E-state index in [2.05, 4.69) is 55.3 Å². The van der Waals surface area contributed by atoms with Crippen molar-refractivity contribution in [3.8, 4) is 0 Å². The van der Waals surface area contributed by atoms with Crippen LogP contribution in [0.2, 0.25) is 0 Å². The van der Waals surface area contributed by atoms with Crippen LogP contribution in [0.1, 0.15) is 60.4 Å². The van der Waals surface area contributed by atoms with Crippen molar-refractivity contribution in [3.63, 3.8) is 0 Å². The highest BCUT2D eigenvalue weighted by atomic mass is 32.1. The first-order chi connectivity index (χ1) is 10.8. The third kappa shape index (κ3) is 4.62. The number of nitrogens with zero attached hydrogens (tertiary/aromatic N) is 1. The lowest BCUT2D eigenvalue weighted by Crippen LogP contribution is -2.27. The van der Waals surface area contributed by atoms with Crippen molar-refractivity contribution in [2.75, 3.05) is 6.54 Å². The predicted octanol–water partition coefficient (Wildman–Crippen LogP) is 3.43. The fraction of sp³-hybridized carbons (Fsp3) is 0.444. The molecule has 0 aliphatic rings. The van der Waals surface area contributed by atoms with Crippen LogP contribution in [0.25, 0.3) is 0 Å². The Balaban J connectivity index is 2.02. The van der Waals surface area contributed by atoms with Gasteiger partial charge in [0.15, 0.2) is 0 Å². The second kappa shape index (κ2) is 7.23. The van der Waals surface area contributed by atoms with Crippen molar-refractivity contribution >= 4 is 17.2 Å². The third-order valence-electron chi connectivity index (χ3n) is 3.77. The largest absolute Gasteiger partial charge is 0.344 e. The maximum Gasteiger partial charge on any atom is 0.271 e. The fourth-order valence-electron chi connectivity index (χ4n) is 2.28. The summed E-state index contributed by atoms with van der Waals surface area (Å²) < 4.78 is 0. The summed E-state index contributed by atoms with van der Waals surface area (Å²) in [6.07, 6.45) is 0.710. The molecule has 1 aromatic heterocycles. The molecule has 2 aromatic rings. The van der Waals surface area contributed by atoms with Crippen LogP contribution in [0, 0.1) is 0 Å². The number of rotatable bonds is 5. The second-order valence-corrected chi connectivity index (χ2v) is 7.67. The average molecular weight is 331 g/mol. The van der Waals surface area contributed by atoms with Crippen LogP contribution >= 0.6 is 11.3 Å². The van der Waals surface area contributed by atoms with E-state index in [9.17, 15) is 4.79 Å². The van der Waals surface area contributed by atoms with Gasteiger partial charge in [-0.3, -0.25) is 4.79 Å². The Labute approximate surface area is 142 Å². The highest BCUT2D eigenvalue weighted by Crippen LogP contribution is 2.24. The zero-order valence-corrected chi connectivity index (χ0v) is 15.0. The molecule has 0 bridgehead atoms. The first-order valence-electron chi connectivity index (χ1n) is 7.87. The summed E-state index contributed by atoms with van der Waals surface area (Å²) in [5.74, 6) is -0.142. The van der Waals surface area contributed by atoms with E-state index in [1.165, 1.54) is 16.9 Å². The SMILES string of the molecule is CC(NC(=O)c1csc(CCN)n1)c1ccc(C(C)(C)C)cc1. The summed E-state index contributed by atoms with van der Waals surface area (Å²) in [6.45, 7) is 9.10. The van der Waals surface area contributed by atoms with Crippen molar-refractivity contribution in [3.05, 3.63) is 51.5 Å². The van der Waals surface area contributed by atoms with Crippen LogP contribution in [-0.4, -0.2) is 17.4 Å². The van der Waals surface area contributed by atoms with Crippen molar-refractivity contribution in [1.82, 2.24) is 10.3 Å². The molecule has 0 spiro atoms. The van der Waals surface area contributed by atoms with Crippen LogP contribution in [-0.2, 0) is 11.8 Å². The Bertz CT molecular complexity index is 656. The number of nitrogens with two attached hydrogens (primary N) is 1. The fourth-order valence-corrected chi connectivity index (χ4v) is 3.07. The number of amides is 1. The number of carbonyl (C=O) groups is 1. The molecular weight excluding hydrogens is 306 g/mol. The zero-order chi connectivity index (χ0) is 17.0. The molecule has 23 heavy (non-hydrogen) atoms. The quantitative estimate of drug-likeness (QED) is 0.882. The van der Waals surface area contributed by atoms with Crippen LogP contribution < -0.4 is 11.1 Å². The van der Waals surface area contributed by atoms with Gasteiger partial charge in [0.1, 0.15) is 5.69 Å². The molecule has 0 radical (unpaired) electrons. The normalized spacial score (nSPS) is 12.9. The first kappa shape index (κ1) is 17.6. The molecule has 124 valence electrons. The molecule has 5 heteroatoms. The van der Waals surface area contributed by atoms with E-state index in [1.54, 1.807) is 5.38 Å². The lowest BCUT2D eigenvalue weighted by molar-refractivity contribution is 0.0935. The van der Waals surface area contributed by atoms with Crippen molar-refractivity contribution in [2.24, 2.45) is 5.73 Å². The minimum Gasteiger partial charge on any atom is -0.344 e. The van der Waals surface area contributed by atoms with Gasteiger partial charge in [-0.25, -0.2) is 4.98 Å². The van der Waals surface area contributed by atoms with Gasteiger partial charge in [-0.05, 0) is 30.0 Å². The zero-order valence-electron chi connectivity index (χ0n) is 14.2. The van der Waals surface area contributed by atoms with E-state index >= 15 is 0 Å². The van der Waals surface area contributed by atoms with E-state index in [1.807, 2.05) is 6.92 Å². The van der Waals surface area contributed by atoms with E-state index in [4.69, 9.17) is 5.73 Å². The number of nitrogens with one attached hydrogen (secondary N) is 1.